The Morgan fingerprint density at radius 1 is 1.16 bits per heavy atom. The lowest BCUT2D eigenvalue weighted by atomic mass is 10.1. The maximum atomic E-state index is 13.0. The van der Waals surface area contributed by atoms with E-state index < -0.39 is 11.7 Å². The quantitative estimate of drug-likeness (QED) is 0.654. The maximum absolute atomic E-state index is 13.0. The average molecular weight is 418 g/mol. The highest BCUT2D eigenvalue weighted by atomic mass is 79.9. The van der Waals surface area contributed by atoms with E-state index in [9.17, 15) is 13.2 Å². The third-order valence-electron chi connectivity index (χ3n) is 3.63. The monoisotopic (exact) mass is 417 g/mol. The minimum Gasteiger partial charge on any atom is -0.489 e. The van der Waals surface area contributed by atoms with Gasteiger partial charge in [0.15, 0.2) is 0 Å². The number of hydrogen-bond donors (Lipinski definition) is 2. The zero-order chi connectivity index (χ0) is 18.4. The predicted octanol–water partition coefficient (Wildman–Crippen LogP) is 4.44. The molecule has 7 heteroatoms. The Hall–Kier alpha value is -1.57. The van der Waals surface area contributed by atoms with Crippen molar-refractivity contribution in [3.05, 3.63) is 63.1 Å². The number of aliphatic hydroxyl groups excluding tert-OH is 1. The van der Waals surface area contributed by atoms with Crippen LogP contribution in [0.1, 0.15) is 22.3 Å². The van der Waals surface area contributed by atoms with E-state index in [0.717, 1.165) is 16.1 Å². The van der Waals surface area contributed by atoms with Gasteiger partial charge >= 0.3 is 6.18 Å². The number of hydrogen-bond acceptors (Lipinski definition) is 3. The standard InChI is InChI=1S/C18H19BrF3NO2/c1-12-2-3-13(8-16(12)18(20,21)22)11-25-17-5-4-15(19)9-14(17)10-23-6-7-24/h2-5,8-9,23-24H,6-7,10-11H2,1H3. The largest absolute Gasteiger partial charge is 0.489 e. The van der Waals surface area contributed by atoms with Crippen LogP contribution in [-0.2, 0) is 19.3 Å². The highest BCUT2D eigenvalue weighted by molar-refractivity contribution is 9.10. The number of alkyl halides is 3. The Balaban J connectivity index is 2.13. The smallest absolute Gasteiger partial charge is 0.416 e. The van der Waals surface area contributed by atoms with Crippen LogP contribution in [0.15, 0.2) is 40.9 Å². The normalized spacial score (nSPS) is 11.6. The molecule has 0 fully saturated rings. The Morgan fingerprint density at radius 2 is 1.92 bits per heavy atom. The molecule has 2 aromatic rings. The second-order valence-corrected chi connectivity index (χ2v) is 6.50. The van der Waals surface area contributed by atoms with E-state index in [-0.39, 0.29) is 18.8 Å². The van der Waals surface area contributed by atoms with Crippen LogP contribution in [0.5, 0.6) is 5.75 Å². The topological polar surface area (TPSA) is 41.5 Å². The molecule has 0 atom stereocenters. The van der Waals surface area contributed by atoms with Gasteiger partial charge < -0.3 is 15.2 Å². The molecule has 0 unspecified atom stereocenters. The fraction of sp³-hybridized carbons (Fsp3) is 0.333. The molecule has 0 aromatic heterocycles. The van der Waals surface area contributed by atoms with Crippen molar-refractivity contribution in [1.29, 1.82) is 0 Å². The van der Waals surface area contributed by atoms with Crippen LogP contribution in [0, 0.1) is 6.92 Å². The van der Waals surface area contributed by atoms with Gasteiger partial charge in [-0.2, -0.15) is 13.2 Å². The molecule has 2 rings (SSSR count). The molecule has 0 radical (unpaired) electrons. The van der Waals surface area contributed by atoms with Crippen LogP contribution >= 0.6 is 15.9 Å². The van der Waals surface area contributed by atoms with E-state index in [1.165, 1.54) is 13.0 Å². The molecule has 0 saturated heterocycles. The second kappa shape index (κ2) is 8.69. The molecule has 0 aliphatic rings. The van der Waals surface area contributed by atoms with E-state index in [4.69, 9.17) is 9.84 Å². The highest BCUT2D eigenvalue weighted by Crippen LogP contribution is 2.32. The van der Waals surface area contributed by atoms with Gasteiger partial charge in [0.1, 0.15) is 12.4 Å². The second-order valence-electron chi connectivity index (χ2n) is 5.59. The van der Waals surface area contributed by atoms with Gasteiger partial charge in [-0.15, -0.1) is 0 Å². The number of rotatable bonds is 7. The summed E-state index contributed by atoms with van der Waals surface area (Å²) in [6.07, 6.45) is -4.38. The average Bonchev–Trinajstić information content (AvgIpc) is 2.54. The Bertz CT molecular complexity index is 720. The number of benzene rings is 2. The first kappa shape index (κ1) is 19.8. The molecule has 3 nitrogen and oxygen atoms in total. The summed E-state index contributed by atoms with van der Waals surface area (Å²) in [5.41, 5.74) is 0.851. The zero-order valence-corrected chi connectivity index (χ0v) is 15.2. The molecule has 2 aromatic carbocycles. The van der Waals surface area contributed by atoms with Crippen molar-refractivity contribution in [2.24, 2.45) is 0 Å². The van der Waals surface area contributed by atoms with Gasteiger partial charge in [-0.25, -0.2) is 0 Å². The van der Waals surface area contributed by atoms with E-state index in [1.807, 2.05) is 6.07 Å². The predicted molar refractivity (Wildman–Crippen MR) is 93.4 cm³/mol. The van der Waals surface area contributed by atoms with Gasteiger partial charge in [0.2, 0.25) is 0 Å². The number of aryl methyl sites for hydroxylation is 1. The molecule has 0 heterocycles. The third-order valence-corrected chi connectivity index (χ3v) is 4.12. The van der Waals surface area contributed by atoms with Crippen molar-refractivity contribution < 1.29 is 23.0 Å². The Morgan fingerprint density at radius 3 is 2.60 bits per heavy atom. The number of aliphatic hydroxyl groups is 1. The van der Waals surface area contributed by atoms with Crippen molar-refractivity contribution >= 4 is 15.9 Å². The number of halogens is 4. The Labute approximate surface area is 152 Å². The Kier molecular flexibility index (Phi) is 6.87. The summed E-state index contributed by atoms with van der Waals surface area (Å²) in [5, 5.41) is 11.9. The fourth-order valence-corrected chi connectivity index (χ4v) is 2.76. The van der Waals surface area contributed by atoms with E-state index in [2.05, 4.69) is 21.2 Å². The summed E-state index contributed by atoms with van der Waals surface area (Å²) in [5.74, 6) is 0.586. The van der Waals surface area contributed by atoms with Gasteiger partial charge in [0.25, 0.3) is 0 Å². The summed E-state index contributed by atoms with van der Waals surface area (Å²) in [6, 6.07) is 9.65. The van der Waals surface area contributed by atoms with E-state index >= 15 is 0 Å². The van der Waals surface area contributed by atoms with Gasteiger partial charge in [-0.05, 0) is 42.3 Å². The summed E-state index contributed by atoms with van der Waals surface area (Å²) in [6.45, 7) is 2.43. The van der Waals surface area contributed by atoms with E-state index in [1.54, 1.807) is 18.2 Å². The molecular formula is C18H19BrF3NO2. The number of ether oxygens (including phenoxy) is 1. The molecule has 0 aliphatic carbocycles. The van der Waals surface area contributed by atoms with Gasteiger partial charge in [-0.3, -0.25) is 0 Å². The van der Waals surface area contributed by atoms with Crippen molar-refractivity contribution in [3.8, 4) is 5.75 Å². The summed E-state index contributed by atoms with van der Waals surface area (Å²) in [4.78, 5) is 0. The zero-order valence-electron chi connectivity index (χ0n) is 13.7. The summed E-state index contributed by atoms with van der Waals surface area (Å²) >= 11 is 3.38. The molecule has 0 amide bonds. The van der Waals surface area contributed by atoms with Crippen molar-refractivity contribution in [3.63, 3.8) is 0 Å². The van der Waals surface area contributed by atoms with Crippen LogP contribution in [0.2, 0.25) is 0 Å². The molecular weight excluding hydrogens is 399 g/mol. The molecule has 0 spiro atoms. The minimum absolute atomic E-state index is 0.0216. The third kappa shape index (κ3) is 5.73. The summed E-state index contributed by atoms with van der Waals surface area (Å²) < 4.78 is 45.6. The van der Waals surface area contributed by atoms with Crippen LogP contribution < -0.4 is 10.1 Å². The number of nitrogens with one attached hydrogen (secondary N) is 1. The van der Waals surface area contributed by atoms with Crippen LogP contribution in [0.3, 0.4) is 0 Å². The van der Waals surface area contributed by atoms with Crippen molar-refractivity contribution in [2.75, 3.05) is 13.2 Å². The van der Waals surface area contributed by atoms with Crippen molar-refractivity contribution in [2.45, 2.75) is 26.3 Å². The first-order valence-corrected chi connectivity index (χ1v) is 8.50. The van der Waals surface area contributed by atoms with E-state index in [0.29, 0.717) is 24.4 Å². The molecule has 0 aliphatic heterocycles. The van der Waals surface area contributed by atoms with Gasteiger partial charge in [0.05, 0.1) is 12.2 Å². The summed E-state index contributed by atoms with van der Waals surface area (Å²) in [7, 11) is 0. The maximum Gasteiger partial charge on any atom is 0.416 e. The van der Waals surface area contributed by atoms with Crippen LogP contribution in [0.25, 0.3) is 0 Å². The van der Waals surface area contributed by atoms with Crippen LogP contribution in [-0.4, -0.2) is 18.3 Å². The highest BCUT2D eigenvalue weighted by Gasteiger charge is 2.32. The van der Waals surface area contributed by atoms with Crippen molar-refractivity contribution in [1.82, 2.24) is 5.32 Å². The van der Waals surface area contributed by atoms with Gasteiger partial charge in [-0.1, -0.05) is 28.1 Å². The first-order chi connectivity index (χ1) is 11.8. The lowest BCUT2D eigenvalue weighted by molar-refractivity contribution is -0.138. The first-order valence-electron chi connectivity index (χ1n) is 7.71. The lowest BCUT2D eigenvalue weighted by Gasteiger charge is -2.15. The molecule has 0 bridgehead atoms. The van der Waals surface area contributed by atoms with Crippen LogP contribution in [0.4, 0.5) is 13.2 Å². The fourth-order valence-electron chi connectivity index (χ4n) is 2.35. The minimum atomic E-state index is -4.38. The molecule has 0 saturated carbocycles. The lowest BCUT2D eigenvalue weighted by Crippen LogP contribution is -2.18. The molecule has 25 heavy (non-hydrogen) atoms. The molecule has 2 N–H and O–H groups in total. The molecule has 136 valence electrons. The SMILES string of the molecule is Cc1ccc(COc2ccc(Br)cc2CNCCO)cc1C(F)(F)F. The van der Waals surface area contributed by atoms with Gasteiger partial charge in [0, 0.05) is 23.1 Å².